The first kappa shape index (κ1) is 20.6. The maximum Gasteiger partial charge on any atom is 0.266 e. The summed E-state index contributed by atoms with van der Waals surface area (Å²) >= 11 is 0. The Bertz CT molecular complexity index is 824. The number of piperidine rings is 1. The largest absolute Gasteiger partial charge is 0.379 e. The SMILES string of the molecule is CC(C)c1ccc(S(=O)(=O)N2CCN=C2N2CCC(N3CCOCC3)CC2)cc1. The average molecular weight is 421 g/mol. The van der Waals surface area contributed by atoms with Crippen LogP contribution in [-0.2, 0) is 14.8 Å². The quantitative estimate of drug-likeness (QED) is 0.745. The monoisotopic (exact) mass is 420 g/mol. The van der Waals surface area contributed by atoms with Crippen molar-refractivity contribution in [2.75, 3.05) is 52.5 Å². The molecule has 0 aliphatic carbocycles. The first-order chi connectivity index (χ1) is 14.0. The molecule has 3 heterocycles. The fourth-order valence-electron chi connectivity index (χ4n) is 4.43. The first-order valence-corrected chi connectivity index (χ1v) is 12.1. The Labute approximate surface area is 174 Å². The third-order valence-corrected chi connectivity index (χ3v) is 8.02. The molecule has 3 aliphatic rings. The van der Waals surface area contributed by atoms with Crippen molar-refractivity contribution < 1.29 is 13.2 Å². The summed E-state index contributed by atoms with van der Waals surface area (Å²) in [4.78, 5) is 9.59. The van der Waals surface area contributed by atoms with Crippen LogP contribution in [0.25, 0.3) is 0 Å². The van der Waals surface area contributed by atoms with Crippen molar-refractivity contribution in [2.45, 2.75) is 43.5 Å². The van der Waals surface area contributed by atoms with Gasteiger partial charge in [0.1, 0.15) is 0 Å². The maximum atomic E-state index is 13.3. The fourth-order valence-corrected chi connectivity index (χ4v) is 5.88. The van der Waals surface area contributed by atoms with Gasteiger partial charge in [0, 0.05) is 32.2 Å². The molecule has 1 aromatic rings. The molecule has 0 amide bonds. The van der Waals surface area contributed by atoms with Crippen molar-refractivity contribution in [3.05, 3.63) is 29.8 Å². The number of sulfonamides is 1. The van der Waals surface area contributed by atoms with Crippen LogP contribution in [0, 0.1) is 0 Å². The highest BCUT2D eigenvalue weighted by molar-refractivity contribution is 7.89. The summed E-state index contributed by atoms with van der Waals surface area (Å²) < 4.78 is 33.5. The minimum Gasteiger partial charge on any atom is -0.379 e. The van der Waals surface area contributed by atoms with Gasteiger partial charge in [-0.05, 0) is 36.5 Å². The molecule has 1 aromatic carbocycles. The number of ether oxygens (including phenoxy) is 1. The van der Waals surface area contributed by atoms with E-state index in [9.17, 15) is 8.42 Å². The van der Waals surface area contributed by atoms with E-state index < -0.39 is 10.0 Å². The highest BCUT2D eigenvalue weighted by Gasteiger charge is 2.36. The van der Waals surface area contributed by atoms with Crippen molar-refractivity contribution >= 4 is 16.0 Å². The third-order valence-electron chi connectivity index (χ3n) is 6.22. The highest BCUT2D eigenvalue weighted by Crippen LogP contribution is 2.25. The summed E-state index contributed by atoms with van der Waals surface area (Å²) in [6.45, 7) is 10.5. The van der Waals surface area contributed by atoms with Gasteiger partial charge in [-0.25, -0.2) is 12.7 Å². The van der Waals surface area contributed by atoms with Crippen LogP contribution in [0.1, 0.15) is 38.2 Å². The number of likely N-dealkylation sites (tertiary alicyclic amines) is 1. The predicted molar refractivity (Wildman–Crippen MR) is 114 cm³/mol. The van der Waals surface area contributed by atoms with E-state index in [1.807, 2.05) is 12.1 Å². The van der Waals surface area contributed by atoms with E-state index in [1.165, 1.54) is 4.31 Å². The van der Waals surface area contributed by atoms with E-state index in [1.54, 1.807) is 12.1 Å². The number of hydrogen-bond acceptors (Lipinski definition) is 6. The predicted octanol–water partition coefficient (Wildman–Crippen LogP) is 1.97. The van der Waals surface area contributed by atoms with Gasteiger partial charge in [-0.3, -0.25) is 9.89 Å². The Morgan fingerprint density at radius 1 is 1.00 bits per heavy atom. The van der Waals surface area contributed by atoms with Gasteiger partial charge in [-0.15, -0.1) is 0 Å². The van der Waals surface area contributed by atoms with Crippen molar-refractivity contribution in [1.82, 2.24) is 14.1 Å². The van der Waals surface area contributed by atoms with Crippen LogP contribution in [0.3, 0.4) is 0 Å². The minimum atomic E-state index is -3.58. The van der Waals surface area contributed by atoms with Crippen LogP contribution < -0.4 is 0 Å². The van der Waals surface area contributed by atoms with Crippen LogP contribution in [-0.4, -0.2) is 87.0 Å². The van der Waals surface area contributed by atoms with E-state index in [2.05, 4.69) is 28.6 Å². The second-order valence-electron chi connectivity index (χ2n) is 8.35. The molecule has 0 bridgehead atoms. The van der Waals surface area contributed by atoms with Gasteiger partial charge in [0.25, 0.3) is 10.0 Å². The third kappa shape index (κ3) is 4.29. The van der Waals surface area contributed by atoms with E-state index in [0.717, 1.165) is 57.8 Å². The van der Waals surface area contributed by atoms with Crippen LogP contribution in [0.2, 0.25) is 0 Å². The molecule has 0 N–H and O–H groups in total. The van der Waals surface area contributed by atoms with E-state index >= 15 is 0 Å². The summed E-state index contributed by atoms with van der Waals surface area (Å²) in [6, 6.07) is 7.85. The Balaban J connectivity index is 1.43. The molecule has 0 radical (unpaired) electrons. The number of nitrogens with zero attached hydrogens (tertiary/aromatic N) is 4. The molecule has 0 atom stereocenters. The lowest BCUT2D eigenvalue weighted by Crippen LogP contribution is -2.53. The normalized spacial score (nSPS) is 22.4. The van der Waals surface area contributed by atoms with E-state index in [-0.39, 0.29) is 0 Å². The van der Waals surface area contributed by atoms with Gasteiger partial charge in [0.15, 0.2) is 0 Å². The van der Waals surface area contributed by atoms with Gasteiger partial charge >= 0.3 is 0 Å². The molecule has 29 heavy (non-hydrogen) atoms. The summed E-state index contributed by atoms with van der Waals surface area (Å²) in [5.41, 5.74) is 1.14. The second kappa shape index (κ2) is 8.62. The molecule has 0 saturated carbocycles. The van der Waals surface area contributed by atoms with Gasteiger partial charge in [-0.1, -0.05) is 26.0 Å². The smallest absolute Gasteiger partial charge is 0.266 e. The molecule has 0 aromatic heterocycles. The number of benzene rings is 1. The number of guanidine groups is 1. The van der Waals surface area contributed by atoms with Crippen LogP contribution in [0.4, 0.5) is 0 Å². The Kier molecular flexibility index (Phi) is 6.13. The molecule has 7 nitrogen and oxygen atoms in total. The first-order valence-electron chi connectivity index (χ1n) is 10.7. The van der Waals surface area contributed by atoms with Crippen molar-refractivity contribution in [2.24, 2.45) is 4.99 Å². The van der Waals surface area contributed by atoms with E-state index in [0.29, 0.717) is 35.9 Å². The Morgan fingerprint density at radius 3 is 2.28 bits per heavy atom. The summed E-state index contributed by atoms with van der Waals surface area (Å²) in [5, 5.41) is 0. The lowest BCUT2D eigenvalue weighted by Gasteiger charge is -2.41. The molecular formula is C21H32N4O3S. The van der Waals surface area contributed by atoms with Gasteiger partial charge in [0.05, 0.1) is 31.2 Å². The molecule has 0 unspecified atom stereocenters. The van der Waals surface area contributed by atoms with E-state index in [4.69, 9.17) is 4.74 Å². The molecular weight excluding hydrogens is 388 g/mol. The second-order valence-corrected chi connectivity index (χ2v) is 10.2. The molecule has 0 spiro atoms. The number of aliphatic imine (C=N–C) groups is 1. The lowest BCUT2D eigenvalue weighted by atomic mass is 10.0. The fraction of sp³-hybridized carbons (Fsp3) is 0.667. The van der Waals surface area contributed by atoms with Crippen molar-refractivity contribution in [3.63, 3.8) is 0 Å². The molecule has 2 fully saturated rings. The van der Waals surface area contributed by atoms with Gasteiger partial charge in [0.2, 0.25) is 5.96 Å². The minimum absolute atomic E-state index is 0.347. The topological polar surface area (TPSA) is 65.5 Å². The Morgan fingerprint density at radius 2 is 1.66 bits per heavy atom. The number of morpholine rings is 1. The molecule has 4 rings (SSSR count). The molecule has 8 heteroatoms. The maximum absolute atomic E-state index is 13.3. The highest BCUT2D eigenvalue weighted by atomic mass is 32.2. The van der Waals surface area contributed by atoms with Gasteiger partial charge in [-0.2, -0.15) is 0 Å². The summed E-state index contributed by atoms with van der Waals surface area (Å²) in [5.74, 6) is 1.00. The lowest BCUT2D eigenvalue weighted by molar-refractivity contribution is 0.00508. The molecule has 160 valence electrons. The van der Waals surface area contributed by atoms with Gasteiger partial charge < -0.3 is 9.64 Å². The van der Waals surface area contributed by atoms with Crippen LogP contribution >= 0.6 is 0 Å². The zero-order valence-electron chi connectivity index (χ0n) is 17.5. The molecule has 2 saturated heterocycles. The Hall–Kier alpha value is -1.64. The summed E-state index contributed by atoms with van der Waals surface area (Å²) in [6.07, 6.45) is 2.08. The van der Waals surface area contributed by atoms with Crippen molar-refractivity contribution in [1.29, 1.82) is 0 Å². The standard InChI is InChI=1S/C21H32N4O3S/c1-17(2)18-3-5-20(6-4-18)29(26,27)25-12-9-22-21(25)24-10-7-19(8-11-24)23-13-15-28-16-14-23/h3-6,17,19H,7-16H2,1-2H3. The zero-order chi connectivity index (χ0) is 20.4. The van der Waals surface area contributed by atoms with Crippen LogP contribution in [0.5, 0.6) is 0 Å². The number of hydrogen-bond donors (Lipinski definition) is 0. The zero-order valence-corrected chi connectivity index (χ0v) is 18.3. The summed E-state index contributed by atoms with van der Waals surface area (Å²) in [7, 11) is -3.58. The average Bonchev–Trinajstić information content (AvgIpc) is 3.25. The molecule has 3 aliphatic heterocycles. The number of rotatable bonds is 4. The van der Waals surface area contributed by atoms with Crippen LogP contribution in [0.15, 0.2) is 34.2 Å². The van der Waals surface area contributed by atoms with Crippen molar-refractivity contribution in [3.8, 4) is 0 Å².